The first kappa shape index (κ1) is 25.6. The summed E-state index contributed by atoms with van der Waals surface area (Å²) in [6, 6.07) is 26.8. The van der Waals surface area contributed by atoms with Crippen LogP contribution in [0.1, 0.15) is 78.0 Å². The molecule has 1 unspecified atom stereocenters. The van der Waals surface area contributed by atoms with Gasteiger partial charge in [-0.2, -0.15) is 0 Å². The average Bonchev–Trinajstić information content (AvgIpc) is 2.84. The molecular formula is C31H38O3. The van der Waals surface area contributed by atoms with E-state index in [0.717, 1.165) is 29.7 Å². The highest BCUT2D eigenvalue weighted by Gasteiger charge is 2.32. The summed E-state index contributed by atoms with van der Waals surface area (Å²) in [5, 5.41) is 0. The lowest BCUT2D eigenvalue weighted by Gasteiger charge is -2.32. The van der Waals surface area contributed by atoms with E-state index in [-0.39, 0.29) is 17.0 Å². The second-order valence-electron chi connectivity index (χ2n) is 10.4. The van der Waals surface area contributed by atoms with E-state index in [1.807, 2.05) is 39.0 Å². The van der Waals surface area contributed by atoms with E-state index in [0.29, 0.717) is 5.75 Å². The van der Waals surface area contributed by atoms with Gasteiger partial charge in [-0.15, -0.1) is 0 Å². The van der Waals surface area contributed by atoms with Gasteiger partial charge in [0.25, 0.3) is 0 Å². The molecule has 3 aromatic carbocycles. The van der Waals surface area contributed by atoms with Gasteiger partial charge in [0.1, 0.15) is 17.1 Å². The van der Waals surface area contributed by atoms with Gasteiger partial charge in [-0.1, -0.05) is 68.4 Å². The van der Waals surface area contributed by atoms with Crippen LogP contribution >= 0.6 is 0 Å². The van der Waals surface area contributed by atoms with E-state index in [9.17, 15) is 4.79 Å². The minimum atomic E-state index is -0.507. The van der Waals surface area contributed by atoms with Crippen molar-refractivity contribution in [1.29, 1.82) is 0 Å². The maximum absolute atomic E-state index is 12.5. The molecule has 3 nitrogen and oxygen atoms in total. The Labute approximate surface area is 205 Å². The molecule has 0 saturated carbocycles. The molecule has 3 heteroatoms. The molecule has 3 rings (SSSR count). The smallest absolute Gasteiger partial charge is 0.316 e. The molecule has 3 aromatic rings. The van der Waals surface area contributed by atoms with Crippen molar-refractivity contribution in [2.75, 3.05) is 0 Å². The van der Waals surface area contributed by atoms with Crippen molar-refractivity contribution in [1.82, 2.24) is 0 Å². The molecule has 0 bridgehead atoms. The van der Waals surface area contributed by atoms with E-state index in [2.05, 4.69) is 88.4 Å². The van der Waals surface area contributed by atoms with E-state index < -0.39 is 5.41 Å². The molecule has 180 valence electrons. The molecule has 1 atom stereocenters. The maximum Gasteiger partial charge on any atom is 0.316 e. The molecular weight excluding hydrogens is 420 g/mol. The van der Waals surface area contributed by atoms with Gasteiger partial charge in [-0.3, -0.25) is 4.79 Å². The van der Waals surface area contributed by atoms with Gasteiger partial charge in [-0.05, 0) is 88.4 Å². The van der Waals surface area contributed by atoms with E-state index in [4.69, 9.17) is 9.47 Å². The van der Waals surface area contributed by atoms with Crippen molar-refractivity contribution < 1.29 is 14.3 Å². The van der Waals surface area contributed by atoms with Crippen molar-refractivity contribution in [3.63, 3.8) is 0 Å². The Hall–Kier alpha value is -3.07. The Morgan fingerprint density at radius 2 is 1.12 bits per heavy atom. The molecule has 0 aliphatic rings. The van der Waals surface area contributed by atoms with Crippen molar-refractivity contribution in [2.45, 2.75) is 72.3 Å². The molecule has 0 spiro atoms. The summed E-state index contributed by atoms with van der Waals surface area (Å²) in [4.78, 5) is 12.5. The van der Waals surface area contributed by atoms with Crippen LogP contribution in [0.15, 0.2) is 78.9 Å². The standard InChI is InChI=1S/C31H38O3/c1-8-29(3,4)28(32)33-26-19-15-24(16-20-26)31(7,23-13-11-10-12-14-23)25-17-21-27(22-18-25)34-30(5,6)9-2/h10-22H,8-9H2,1-7H3. The van der Waals surface area contributed by atoms with Gasteiger partial charge < -0.3 is 9.47 Å². The fraction of sp³-hybridized carbons (Fsp3) is 0.387. The summed E-state index contributed by atoms with van der Waals surface area (Å²) in [7, 11) is 0. The van der Waals surface area contributed by atoms with Crippen molar-refractivity contribution in [2.24, 2.45) is 5.41 Å². The second-order valence-corrected chi connectivity index (χ2v) is 10.4. The van der Waals surface area contributed by atoms with Crippen molar-refractivity contribution >= 4 is 5.97 Å². The van der Waals surface area contributed by atoms with Crippen LogP contribution in [0.4, 0.5) is 0 Å². The molecule has 34 heavy (non-hydrogen) atoms. The monoisotopic (exact) mass is 458 g/mol. The van der Waals surface area contributed by atoms with E-state index >= 15 is 0 Å². The lowest BCUT2D eigenvalue weighted by Crippen LogP contribution is -2.28. The van der Waals surface area contributed by atoms with Crippen molar-refractivity contribution in [3.05, 3.63) is 95.6 Å². The third kappa shape index (κ3) is 5.52. The van der Waals surface area contributed by atoms with Gasteiger partial charge in [0, 0.05) is 5.41 Å². The van der Waals surface area contributed by atoms with Crippen LogP contribution in [0.3, 0.4) is 0 Å². The molecule has 0 aromatic heterocycles. The van der Waals surface area contributed by atoms with Crippen LogP contribution in [-0.4, -0.2) is 11.6 Å². The van der Waals surface area contributed by atoms with Gasteiger partial charge in [0.2, 0.25) is 0 Å². The predicted octanol–water partition coefficient (Wildman–Crippen LogP) is 7.95. The van der Waals surface area contributed by atoms with Gasteiger partial charge in [-0.25, -0.2) is 0 Å². The Bertz CT molecular complexity index is 1080. The number of rotatable bonds is 9. The quantitative estimate of drug-likeness (QED) is 0.185. The van der Waals surface area contributed by atoms with Crippen LogP contribution in [0, 0.1) is 5.41 Å². The molecule has 0 aliphatic heterocycles. The lowest BCUT2D eigenvalue weighted by molar-refractivity contribution is -0.144. The first-order chi connectivity index (χ1) is 16.0. The highest BCUT2D eigenvalue weighted by Crippen LogP contribution is 2.40. The van der Waals surface area contributed by atoms with Crippen LogP contribution in [0.25, 0.3) is 0 Å². The highest BCUT2D eigenvalue weighted by atomic mass is 16.5. The highest BCUT2D eigenvalue weighted by molar-refractivity contribution is 5.78. The number of esters is 1. The molecule has 0 aliphatic carbocycles. The number of benzene rings is 3. The molecule has 0 amide bonds. The molecule has 0 heterocycles. The van der Waals surface area contributed by atoms with Crippen LogP contribution in [-0.2, 0) is 10.2 Å². The Morgan fingerprint density at radius 3 is 1.59 bits per heavy atom. The zero-order valence-electron chi connectivity index (χ0n) is 21.6. The van der Waals surface area contributed by atoms with Crippen LogP contribution < -0.4 is 9.47 Å². The third-order valence-electron chi connectivity index (χ3n) is 7.11. The first-order valence-corrected chi connectivity index (χ1v) is 12.2. The zero-order chi connectivity index (χ0) is 25.0. The van der Waals surface area contributed by atoms with Gasteiger partial charge in [0.05, 0.1) is 5.41 Å². The minimum Gasteiger partial charge on any atom is -0.488 e. The van der Waals surface area contributed by atoms with E-state index in [1.165, 1.54) is 5.56 Å². The number of carbonyl (C=O) groups excluding carboxylic acids is 1. The lowest BCUT2D eigenvalue weighted by atomic mass is 9.71. The number of hydrogen-bond donors (Lipinski definition) is 0. The first-order valence-electron chi connectivity index (χ1n) is 12.2. The molecule has 0 saturated heterocycles. The Kier molecular flexibility index (Phi) is 7.55. The van der Waals surface area contributed by atoms with Crippen molar-refractivity contribution in [3.8, 4) is 11.5 Å². The van der Waals surface area contributed by atoms with E-state index in [1.54, 1.807) is 0 Å². The molecule has 0 N–H and O–H groups in total. The average molecular weight is 459 g/mol. The molecule has 0 fully saturated rings. The zero-order valence-corrected chi connectivity index (χ0v) is 21.6. The largest absolute Gasteiger partial charge is 0.488 e. The number of carbonyl (C=O) groups is 1. The predicted molar refractivity (Wildman–Crippen MR) is 140 cm³/mol. The summed E-state index contributed by atoms with van der Waals surface area (Å²) in [6.45, 7) is 14.4. The fourth-order valence-electron chi connectivity index (χ4n) is 3.76. The maximum atomic E-state index is 12.5. The molecule has 0 radical (unpaired) electrons. The Balaban J connectivity index is 1.97. The topological polar surface area (TPSA) is 35.5 Å². The summed E-state index contributed by atoms with van der Waals surface area (Å²) < 4.78 is 11.8. The second kappa shape index (κ2) is 10.0. The van der Waals surface area contributed by atoms with Crippen LogP contribution in [0.2, 0.25) is 0 Å². The van der Waals surface area contributed by atoms with Gasteiger partial charge >= 0.3 is 5.97 Å². The summed E-state index contributed by atoms with van der Waals surface area (Å²) in [6.07, 6.45) is 1.66. The van der Waals surface area contributed by atoms with Crippen LogP contribution in [0.5, 0.6) is 11.5 Å². The summed E-state index contributed by atoms with van der Waals surface area (Å²) in [5.41, 5.74) is 2.38. The summed E-state index contributed by atoms with van der Waals surface area (Å²) >= 11 is 0. The Morgan fingerprint density at radius 1 is 0.647 bits per heavy atom. The van der Waals surface area contributed by atoms with Gasteiger partial charge in [0.15, 0.2) is 0 Å². The third-order valence-corrected chi connectivity index (χ3v) is 7.11. The number of ether oxygens (including phenoxy) is 2. The fourth-order valence-corrected chi connectivity index (χ4v) is 3.76. The SMILES string of the molecule is CCC(C)(C)Oc1ccc(C(C)(c2ccccc2)c2ccc(OC(=O)C(C)(C)CC)cc2)cc1. The number of hydrogen-bond acceptors (Lipinski definition) is 3. The normalized spacial score (nSPS) is 13.7. The minimum absolute atomic E-state index is 0.205. The summed E-state index contributed by atoms with van der Waals surface area (Å²) in [5.74, 6) is 1.22.